The highest BCUT2D eigenvalue weighted by molar-refractivity contribution is 7.99. The summed E-state index contributed by atoms with van der Waals surface area (Å²) in [7, 11) is 1.52. The summed E-state index contributed by atoms with van der Waals surface area (Å²) in [4.78, 5) is 34.0. The van der Waals surface area contributed by atoms with E-state index in [0.717, 1.165) is 22.7 Å². The van der Waals surface area contributed by atoms with Crippen LogP contribution in [0.4, 0.5) is 10.1 Å². The van der Waals surface area contributed by atoms with Gasteiger partial charge in [0.25, 0.3) is 5.56 Å². The minimum atomic E-state index is -0.567. The monoisotopic (exact) mass is 474 g/mol. The number of nitrogens with zero attached hydrogens (tertiary/aromatic N) is 2. The molecule has 2 N–H and O–H groups in total. The summed E-state index contributed by atoms with van der Waals surface area (Å²) in [5, 5.41) is 3.78. The summed E-state index contributed by atoms with van der Waals surface area (Å²) in [6.45, 7) is 0. The Balaban J connectivity index is 1.57. The number of amides is 1. The van der Waals surface area contributed by atoms with Gasteiger partial charge in [0, 0.05) is 10.9 Å². The molecule has 0 aliphatic heterocycles. The lowest BCUT2D eigenvalue weighted by molar-refractivity contribution is -0.113. The number of methoxy groups -OCH3 is 1. The van der Waals surface area contributed by atoms with Crippen LogP contribution in [0.1, 0.15) is 0 Å². The fraction of sp³-hybridized carbons (Fsp3) is 0.0800. The van der Waals surface area contributed by atoms with Crippen molar-refractivity contribution in [2.24, 2.45) is 0 Å². The molecule has 0 saturated heterocycles. The van der Waals surface area contributed by atoms with Crippen molar-refractivity contribution >= 4 is 45.3 Å². The summed E-state index contributed by atoms with van der Waals surface area (Å²) in [6.07, 6.45) is 0. The first-order valence-electron chi connectivity index (χ1n) is 10.4. The zero-order valence-corrected chi connectivity index (χ0v) is 18.9. The fourth-order valence-corrected chi connectivity index (χ4v) is 4.55. The van der Waals surface area contributed by atoms with Gasteiger partial charge in [-0.05, 0) is 30.3 Å². The van der Waals surface area contributed by atoms with Crippen LogP contribution in [-0.4, -0.2) is 33.3 Å². The lowest BCUT2D eigenvalue weighted by Gasteiger charge is -2.13. The molecule has 0 fully saturated rings. The highest BCUT2D eigenvalue weighted by Crippen LogP contribution is 2.28. The van der Waals surface area contributed by atoms with Gasteiger partial charge in [-0.1, -0.05) is 54.2 Å². The predicted octanol–water partition coefficient (Wildman–Crippen LogP) is 4.75. The van der Waals surface area contributed by atoms with Gasteiger partial charge in [-0.15, -0.1) is 0 Å². The molecule has 0 unspecified atom stereocenters. The van der Waals surface area contributed by atoms with Crippen molar-refractivity contribution in [1.29, 1.82) is 0 Å². The van der Waals surface area contributed by atoms with Gasteiger partial charge in [-0.3, -0.25) is 14.2 Å². The van der Waals surface area contributed by atoms with E-state index in [4.69, 9.17) is 4.74 Å². The van der Waals surface area contributed by atoms with Gasteiger partial charge in [-0.2, -0.15) is 0 Å². The molecule has 0 bridgehead atoms. The molecule has 5 rings (SSSR count). The first kappa shape index (κ1) is 21.7. The third-order valence-electron chi connectivity index (χ3n) is 5.30. The van der Waals surface area contributed by atoms with Crippen LogP contribution in [0.15, 0.2) is 82.7 Å². The minimum Gasteiger partial charge on any atom is -0.495 e. The normalized spacial score (nSPS) is 11.1. The number of carbonyl (C=O) groups is 1. The van der Waals surface area contributed by atoms with E-state index in [-0.39, 0.29) is 28.0 Å². The summed E-state index contributed by atoms with van der Waals surface area (Å²) < 4.78 is 21.2. The Hall–Kier alpha value is -4.11. The molecule has 34 heavy (non-hydrogen) atoms. The number of ether oxygens (including phenoxy) is 1. The van der Waals surface area contributed by atoms with Gasteiger partial charge < -0.3 is 15.0 Å². The minimum absolute atomic E-state index is 0.0488. The van der Waals surface area contributed by atoms with Crippen LogP contribution in [0.3, 0.4) is 0 Å². The quantitative estimate of drug-likeness (QED) is 0.274. The van der Waals surface area contributed by atoms with Gasteiger partial charge in [-0.25, -0.2) is 9.37 Å². The Labute approximate surface area is 197 Å². The van der Waals surface area contributed by atoms with E-state index >= 15 is 0 Å². The number of thioether (sulfide) groups is 1. The number of halogens is 1. The molecule has 170 valence electrons. The summed E-state index contributed by atoms with van der Waals surface area (Å²) >= 11 is 1.05. The Morgan fingerprint density at radius 3 is 2.65 bits per heavy atom. The van der Waals surface area contributed by atoms with E-state index in [2.05, 4.69) is 15.3 Å². The molecule has 5 aromatic rings. The molecule has 0 radical (unpaired) electrons. The fourth-order valence-electron chi connectivity index (χ4n) is 3.75. The first-order valence-corrected chi connectivity index (χ1v) is 11.4. The molecular formula is C25H19FN4O3S. The van der Waals surface area contributed by atoms with Crippen molar-refractivity contribution in [3.8, 4) is 11.4 Å². The number of carbonyl (C=O) groups excluding carboxylic acids is 1. The number of benzene rings is 3. The van der Waals surface area contributed by atoms with Crippen LogP contribution in [0, 0.1) is 5.82 Å². The van der Waals surface area contributed by atoms with Crippen LogP contribution >= 0.6 is 11.8 Å². The van der Waals surface area contributed by atoms with Crippen molar-refractivity contribution in [3.05, 3.63) is 89.0 Å². The van der Waals surface area contributed by atoms with E-state index in [0.29, 0.717) is 17.0 Å². The average Bonchev–Trinajstić information content (AvgIpc) is 3.23. The number of H-pyrrole nitrogens is 1. The molecular weight excluding hydrogens is 455 g/mol. The SMILES string of the molecule is COc1ccccc1NC(=O)CSc1nc2c([nH]c3ccccc32)c(=O)n1-c1ccccc1F. The Morgan fingerprint density at radius 2 is 1.82 bits per heavy atom. The molecule has 1 amide bonds. The number of rotatable bonds is 6. The Morgan fingerprint density at radius 1 is 1.09 bits per heavy atom. The van der Waals surface area contributed by atoms with Gasteiger partial charge in [0.1, 0.15) is 22.6 Å². The van der Waals surface area contributed by atoms with Gasteiger partial charge in [0.05, 0.1) is 24.2 Å². The third-order valence-corrected chi connectivity index (χ3v) is 6.24. The number of hydrogen-bond acceptors (Lipinski definition) is 5. The maximum Gasteiger partial charge on any atom is 0.283 e. The second kappa shape index (κ2) is 9.03. The van der Waals surface area contributed by atoms with Crippen molar-refractivity contribution in [2.45, 2.75) is 5.16 Å². The topological polar surface area (TPSA) is 89.0 Å². The number of aromatic amines is 1. The van der Waals surface area contributed by atoms with Crippen LogP contribution in [-0.2, 0) is 4.79 Å². The Bertz CT molecular complexity index is 1590. The maximum absolute atomic E-state index is 14.7. The second-order valence-corrected chi connectivity index (χ2v) is 8.36. The van der Waals surface area contributed by atoms with Gasteiger partial charge in [0.2, 0.25) is 5.91 Å². The van der Waals surface area contributed by atoms with Crippen molar-refractivity contribution in [3.63, 3.8) is 0 Å². The summed E-state index contributed by atoms with van der Waals surface area (Å²) in [5.41, 5.74) is 1.64. The molecule has 2 aromatic heterocycles. The van der Waals surface area contributed by atoms with Crippen LogP contribution in [0.5, 0.6) is 5.75 Å². The third kappa shape index (κ3) is 3.90. The highest BCUT2D eigenvalue weighted by atomic mass is 32.2. The largest absolute Gasteiger partial charge is 0.495 e. The van der Waals surface area contributed by atoms with Crippen molar-refractivity contribution in [1.82, 2.24) is 14.5 Å². The molecule has 0 atom stereocenters. The summed E-state index contributed by atoms with van der Waals surface area (Å²) in [6, 6.07) is 20.4. The lowest BCUT2D eigenvalue weighted by Crippen LogP contribution is -2.23. The van der Waals surface area contributed by atoms with Crippen LogP contribution in [0.2, 0.25) is 0 Å². The number of fused-ring (bicyclic) bond motifs is 3. The van der Waals surface area contributed by atoms with E-state index < -0.39 is 11.4 Å². The average molecular weight is 475 g/mol. The molecule has 0 spiro atoms. The zero-order valence-electron chi connectivity index (χ0n) is 18.0. The molecule has 3 aromatic carbocycles. The van der Waals surface area contributed by atoms with Crippen molar-refractivity contribution < 1.29 is 13.9 Å². The molecule has 7 nitrogen and oxygen atoms in total. The van der Waals surface area contributed by atoms with E-state index in [1.165, 1.54) is 23.8 Å². The number of anilines is 1. The number of aromatic nitrogens is 3. The molecule has 0 saturated carbocycles. The number of para-hydroxylation sites is 4. The predicted molar refractivity (Wildman–Crippen MR) is 132 cm³/mol. The molecule has 0 aliphatic rings. The number of hydrogen-bond donors (Lipinski definition) is 2. The standard InChI is InChI=1S/C25H19FN4O3S/c1-33-20-13-7-5-11-18(20)27-21(31)14-34-25-29-22-15-8-2-4-10-17(15)28-23(22)24(32)30(25)19-12-6-3-9-16(19)26/h2-13,28H,14H2,1H3,(H,27,31). The maximum atomic E-state index is 14.7. The molecule has 9 heteroatoms. The smallest absolute Gasteiger partial charge is 0.283 e. The van der Waals surface area contributed by atoms with Gasteiger partial charge >= 0.3 is 0 Å². The van der Waals surface area contributed by atoms with Gasteiger partial charge in [0.15, 0.2) is 5.16 Å². The van der Waals surface area contributed by atoms with Crippen LogP contribution < -0.4 is 15.6 Å². The molecule has 0 aliphatic carbocycles. The highest BCUT2D eigenvalue weighted by Gasteiger charge is 2.20. The zero-order chi connectivity index (χ0) is 23.7. The van der Waals surface area contributed by atoms with E-state index in [1.807, 2.05) is 24.3 Å². The van der Waals surface area contributed by atoms with Crippen LogP contribution in [0.25, 0.3) is 27.6 Å². The second-order valence-electron chi connectivity index (χ2n) is 7.42. The first-order chi connectivity index (χ1) is 16.6. The number of nitrogens with one attached hydrogen (secondary N) is 2. The van der Waals surface area contributed by atoms with E-state index in [9.17, 15) is 14.0 Å². The van der Waals surface area contributed by atoms with E-state index in [1.54, 1.807) is 36.4 Å². The molecule has 2 heterocycles. The Kier molecular flexibility index (Phi) is 5.77. The summed E-state index contributed by atoms with van der Waals surface area (Å²) in [5.74, 6) is -0.403. The lowest BCUT2D eigenvalue weighted by atomic mass is 10.2. The van der Waals surface area contributed by atoms with Crippen molar-refractivity contribution in [2.75, 3.05) is 18.2 Å².